The van der Waals surface area contributed by atoms with E-state index in [9.17, 15) is 0 Å². The third kappa shape index (κ3) is 17.9. The van der Waals surface area contributed by atoms with E-state index >= 15 is 0 Å². The van der Waals surface area contributed by atoms with Crippen LogP contribution in [0.5, 0.6) is 0 Å². The Hall–Kier alpha value is -3.59. The number of aliphatic carboxylic acids is 2. The Morgan fingerprint density at radius 1 is 0.547 bits per heavy atom. The number of carboxylic acid groups (broad SMARTS) is 2. The molecule has 2 saturated carbocycles. The van der Waals surface area contributed by atoms with Crippen LogP contribution in [-0.4, -0.2) is 38.5 Å². The first kappa shape index (κ1) is 45.6. The average Bonchev–Trinajstić information content (AvgIpc) is 3.90. The summed E-state index contributed by atoms with van der Waals surface area (Å²) < 4.78 is 0. The van der Waals surface area contributed by atoms with E-state index in [1.165, 1.54) is 51.4 Å². The summed E-state index contributed by atoms with van der Waals surface area (Å²) in [6, 6.07) is 50.3. The number of hydrogen-bond acceptors (Lipinski definition) is 3. The molecule has 2 fully saturated rings. The molecule has 0 amide bonds. The Balaban J connectivity index is 0.000000260. The van der Waals surface area contributed by atoms with Crippen molar-refractivity contribution in [2.24, 2.45) is 0 Å². The van der Waals surface area contributed by atoms with Crippen molar-refractivity contribution in [1.29, 1.82) is 0 Å². The van der Waals surface area contributed by atoms with Gasteiger partial charge in [-0.1, -0.05) is 78.9 Å². The SMILES string of the molecule is CC(=O)O.CC(=O)O.[NH-]Cc1ccccn1.[Ru+].c1ccc([PH+](c2ccccc2)C2CCCC2)cc1.c1ccc([PH+](c2ccccc2)C2CCCC2)cc1. The van der Waals surface area contributed by atoms with Crippen LogP contribution in [-0.2, 0) is 35.6 Å². The molecule has 0 atom stereocenters. The zero-order valence-electron chi connectivity index (χ0n) is 30.9. The molecule has 1 radical (unpaired) electrons. The molecule has 2 aliphatic rings. The molecule has 1 aromatic heterocycles. The molecule has 53 heavy (non-hydrogen) atoms. The standard InChI is InChI=1S/2C17H19P.C6H7N2.2C2H4O2.Ru/c2*1-3-9-15(10-4-1)18(17-13-7-8-14-17)16-11-5-2-6-12-16;7-5-6-3-1-2-4-8-6;2*1-2(3)4;/h2*1-6,9-12,17H,7-8,13-14H2;1-4,7H,5H2;2*1H3,(H,3,4);/q;;-1;;;+1/p+2. The van der Waals surface area contributed by atoms with E-state index in [1.807, 2.05) is 18.2 Å². The number of nitrogens with zero attached hydrogens (tertiary/aromatic N) is 1. The van der Waals surface area contributed by atoms with Gasteiger partial charge >= 0.3 is 19.5 Å². The fourth-order valence-corrected chi connectivity index (χ4v) is 13.4. The molecule has 0 saturated heterocycles. The number of aromatic nitrogens is 1. The number of rotatable bonds is 7. The van der Waals surface area contributed by atoms with Crippen LogP contribution in [0.25, 0.3) is 5.73 Å². The molecule has 4 aromatic carbocycles. The Morgan fingerprint density at radius 3 is 1.02 bits per heavy atom. The van der Waals surface area contributed by atoms with E-state index in [0.29, 0.717) is 0 Å². The van der Waals surface area contributed by atoms with Crippen LogP contribution in [0, 0.1) is 0 Å². The first-order chi connectivity index (χ1) is 25.3. The second-order valence-electron chi connectivity index (χ2n) is 12.8. The van der Waals surface area contributed by atoms with Gasteiger partial charge in [-0.25, -0.2) is 0 Å². The minimum Gasteiger partial charge on any atom is -0.672 e. The third-order valence-corrected chi connectivity index (χ3v) is 15.4. The zero-order valence-corrected chi connectivity index (χ0v) is 34.6. The molecule has 0 bridgehead atoms. The maximum atomic E-state index is 9.00. The topological polar surface area (TPSA) is 111 Å². The van der Waals surface area contributed by atoms with Crippen LogP contribution in [0.4, 0.5) is 0 Å². The first-order valence-corrected chi connectivity index (χ1v) is 21.3. The van der Waals surface area contributed by atoms with Crippen LogP contribution in [0.15, 0.2) is 146 Å². The molecule has 1 heterocycles. The molecule has 3 N–H and O–H groups in total. The normalized spacial score (nSPS) is 13.4. The van der Waals surface area contributed by atoms with Crippen LogP contribution >= 0.6 is 15.8 Å². The first-order valence-electron chi connectivity index (χ1n) is 18.2. The second kappa shape index (κ2) is 27.1. The van der Waals surface area contributed by atoms with Crippen LogP contribution in [0.2, 0.25) is 0 Å². The summed E-state index contributed by atoms with van der Waals surface area (Å²) in [4.78, 5) is 21.9. The van der Waals surface area contributed by atoms with Crippen molar-refractivity contribution in [2.45, 2.75) is 83.1 Å². The van der Waals surface area contributed by atoms with Crippen LogP contribution < -0.4 is 21.2 Å². The summed E-state index contributed by atoms with van der Waals surface area (Å²) in [7, 11) is -1.15. The van der Waals surface area contributed by atoms with E-state index in [-0.39, 0.29) is 26.0 Å². The number of benzene rings is 4. The number of nitrogens with one attached hydrogen (secondary N) is 1. The minimum absolute atomic E-state index is 0. The monoisotopic (exact) mass is 839 g/mol. The maximum Gasteiger partial charge on any atom is 1.00 e. The Morgan fingerprint density at radius 2 is 0.811 bits per heavy atom. The van der Waals surface area contributed by atoms with E-state index in [4.69, 9.17) is 25.5 Å². The molecule has 6 nitrogen and oxygen atoms in total. The average molecular weight is 839 g/mol. The largest absolute Gasteiger partial charge is 1.00 e. The van der Waals surface area contributed by atoms with Gasteiger partial charge in [0.05, 0.1) is 48.4 Å². The van der Waals surface area contributed by atoms with Gasteiger partial charge in [0.25, 0.3) is 11.9 Å². The molecular formula is C44H55N2O4P2Ru+2. The molecule has 2 aliphatic carbocycles. The van der Waals surface area contributed by atoms with E-state index in [2.05, 4.69) is 126 Å². The van der Waals surface area contributed by atoms with Crippen molar-refractivity contribution in [3.05, 3.63) is 157 Å². The molecule has 0 unspecified atom stereocenters. The predicted octanol–water partition coefficient (Wildman–Crippen LogP) is 9.40. The van der Waals surface area contributed by atoms with Gasteiger partial charge in [0, 0.05) is 25.7 Å². The smallest absolute Gasteiger partial charge is 0.672 e. The molecule has 5 aromatic rings. The number of hydrogen-bond donors (Lipinski definition) is 2. The molecule has 9 heteroatoms. The van der Waals surface area contributed by atoms with Crippen molar-refractivity contribution >= 4 is 49.0 Å². The van der Waals surface area contributed by atoms with Gasteiger partial charge in [-0.2, -0.15) is 0 Å². The van der Waals surface area contributed by atoms with Crippen molar-refractivity contribution in [1.82, 2.24) is 4.98 Å². The summed E-state index contributed by atoms with van der Waals surface area (Å²) in [6.07, 6.45) is 13.1. The summed E-state index contributed by atoms with van der Waals surface area (Å²) in [6.45, 7) is 2.45. The minimum atomic E-state index is -0.833. The van der Waals surface area contributed by atoms with Gasteiger partial charge < -0.3 is 15.9 Å². The predicted molar refractivity (Wildman–Crippen MR) is 224 cm³/mol. The van der Waals surface area contributed by atoms with E-state index < -0.39 is 27.8 Å². The molecule has 0 aliphatic heterocycles. The summed E-state index contributed by atoms with van der Waals surface area (Å²) in [5, 5.41) is 21.2. The second-order valence-corrected chi connectivity index (χ2v) is 18.4. The van der Waals surface area contributed by atoms with Crippen molar-refractivity contribution in [3.8, 4) is 0 Å². The quantitative estimate of drug-likeness (QED) is 0.125. The summed E-state index contributed by atoms with van der Waals surface area (Å²) in [5.41, 5.74) is 9.57. The number of carbonyl (C=O) groups is 2. The number of carboxylic acids is 2. The van der Waals surface area contributed by atoms with E-state index in [0.717, 1.165) is 30.9 Å². The molecule has 281 valence electrons. The van der Waals surface area contributed by atoms with Gasteiger partial charge in [-0.3, -0.25) is 14.6 Å². The van der Waals surface area contributed by atoms with Gasteiger partial charge in [0.15, 0.2) is 0 Å². The maximum absolute atomic E-state index is 9.00. The van der Waals surface area contributed by atoms with Gasteiger partial charge in [0.1, 0.15) is 0 Å². The van der Waals surface area contributed by atoms with Crippen LogP contribution in [0.3, 0.4) is 0 Å². The Kier molecular flexibility index (Phi) is 23.3. The van der Waals surface area contributed by atoms with Crippen molar-refractivity contribution < 1.29 is 39.3 Å². The summed E-state index contributed by atoms with van der Waals surface area (Å²) in [5.74, 6) is -1.67. The fraction of sp³-hybridized carbons (Fsp3) is 0.295. The van der Waals surface area contributed by atoms with Gasteiger partial charge in [0.2, 0.25) is 0 Å². The Labute approximate surface area is 331 Å². The zero-order chi connectivity index (χ0) is 37.4. The molecular weight excluding hydrogens is 784 g/mol. The van der Waals surface area contributed by atoms with Crippen LogP contribution in [0.1, 0.15) is 70.9 Å². The third-order valence-electron chi connectivity index (χ3n) is 8.77. The molecule has 0 spiro atoms. The number of pyridine rings is 1. The van der Waals surface area contributed by atoms with Gasteiger partial charge in [-0.15, -0.1) is 6.54 Å². The summed E-state index contributed by atoms with van der Waals surface area (Å²) >= 11 is 0. The molecule has 7 rings (SSSR count). The van der Waals surface area contributed by atoms with Crippen molar-refractivity contribution in [2.75, 3.05) is 0 Å². The Bertz CT molecular complexity index is 1470. The van der Waals surface area contributed by atoms with Crippen molar-refractivity contribution in [3.63, 3.8) is 0 Å². The fourth-order valence-electron chi connectivity index (χ4n) is 6.68. The van der Waals surface area contributed by atoms with Gasteiger partial charge in [-0.05, 0) is 112 Å². The van der Waals surface area contributed by atoms with E-state index in [1.54, 1.807) is 27.4 Å².